The van der Waals surface area contributed by atoms with Crippen molar-refractivity contribution in [3.63, 3.8) is 0 Å². The normalized spacial score (nSPS) is 20.8. The maximum atomic E-state index is 3.68. The maximum Gasteiger partial charge on any atom is 0.0202 e. The van der Waals surface area contributed by atoms with Gasteiger partial charge in [0.25, 0.3) is 0 Å². The van der Waals surface area contributed by atoms with E-state index in [1.165, 1.54) is 35.1 Å². The average Bonchev–Trinajstić information content (AvgIpc) is 2.93. The highest BCUT2D eigenvalue weighted by molar-refractivity contribution is 5.34. The molecule has 2 atom stereocenters. The molecule has 0 amide bonds. The third kappa shape index (κ3) is 3.83. The van der Waals surface area contributed by atoms with Gasteiger partial charge in [-0.05, 0) is 52.6 Å². The molecule has 1 aliphatic rings. The lowest BCUT2D eigenvalue weighted by Gasteiger charge is -2.25. The first-order chi connectivity index (χ1) is 9.58. The highest BCUT2D eigenvalue weighted by atomic mass is 14.9. The van der Waals surface area contributed by atoms with Gasteiger partial charge in [-0.15, -0.1) is 0 Å². The summed E-state index contributed by atoms with van der Waals surface area (Å²) in [5, 5.41) is 3.68. The summed E-state index contributed by atoms with van der Waals surface area (Å²) in [6.45, 7) is 9.88. The van der Waals surface area contributed by atoms with Crippen molar-refractivity contribution < 1.29 is 1.43 Å². The highest BCUT2D eigenvalue weighted by Crippen LogP contribution is 2.32. The summed E-state index contributed by atoms with van der Waals surface area (Å²) < 4.78 is 0. The molecule has 0 spiro atoms. The molecule has 0 bridgehead atoms. The van der Waals surface area contributed by atoms with E-state index in [-0.39, 0.29) is 1.43 Å². The van der Waals surface area contributed by atoms with E-state index in [2.05, 4.69) is 69.4 Å². The number of rotatable bonds is 4. The molecule has 2 rings (SSSR count). The van der Waals surface area contributed by atoms with Crippen LogP contribution in [0.4, 0.5) is 0 Å². The molecule has 1 aromatic rings. The van der Waals surface area contributed by atoms with Crippen molar-refractivity contribution in [1.29, 1.82) is 0 Å². The summed E-state index contributed by atoms with van der Waals surface area (Å²) >= 11 is 0. The Morgan fingerprint density at radius 1 is 1.20 bits per heavy atom. The van der Waals surface area contributed by atoms with E-state index >= 15 is 0 Å². The van der Waals surface area contributed by atoms with Crippen LogP contribution in [0.15, 0.2) is 47.6 Å². The molecule has 0 radical (unpaired) electrons. The number of nitrogens with one attached hydrogen (secondary N) is 1. The molecule has 1 aromatic carbocycles. The van der Waals surface area contributed by atoms with Gasteiger partial charge in [0, 0.05) is 13.4 Å². The number of hydrogen-bond donors (Lipinski definition) is 1. The fourth-order valence-corrected chi connectivity index (χ4v) is 2.98. The first kappa shape index (κ1) is 15.1. The van der Waals surface area contributed by atoms with Crippen molar-refractivity contribution in [1.82, 2.24) is 5.32 Å². The third-order valence-corrected chi connectivity index (χ3v) is 4.11. The summed E-state index contributed by atoms with van der Waals surface area (Å²) in [6, 6.07) is 9.62. The molecular formula is C19H29N. The van der Waals surface area contributed by atoms with E-state index in [4.69, 9.17) is 0 Å². The van der Waals surface area contributed by atoms with Crippen LogP contribution in [0, 0.1) is 6.92 Å². The molecule has 20 heavy (non-hydrogen) atoms. The van der Waals surface area contributed by atoms with Crippen LogP contribution in [0.5, 0.6) is 0 Å². The lowest BCUT2D eigenvalue weighted by atomic mass is 9.84. The zero-order valence-corrected chi connectivity index (χ0v) is 13.2. The lowest BCUT2D eigenvalue weighted by molar-refractivity contribution is 0.534. The van der Waals surface area contributed by atoms with E-state index in [9.17, 15) is 0 Å². The monoisotopic (exact) mass is 271 g/mol. The Labute approximate surface area is 125 Å². The first-order valence-electron chi connectivity index (χ1n) is 7.69. The molecule has 1 N–H and O–H groups in total. The third-order valence-electron chi connectivity index (χ3n) is 4.11. The van der Waals surface area contributed by atoms with Crippen LogP contribution in [0.1, 0.15) is 52.1 Å². The van der Waals surface area contributed by atoms with Crippen molar-refractivity contribution >= 4 is 0 Å². The minimum Gasteiger partial charge on any atom is -0.313 e. The van der Waals surface area contributed by atoms with Crippen LogP contribution in [0.2, 0.25) is 0 Å². The quantitative estimate of drug-likeness (QED) is 0.761. The number of benzene rings is 1. The predicted molar refractivity (Wildman–Crippen MR) is 90.2 cm³/mol. The first-order valence-corrected chi connectivity index (χ1v) is 7.69. The SMILES string of the molecule is CC(C)=C/C=C(\C)[C@H](c1ccc(C)cc1)C1CCCN1.[HH]. The van der Waals surface area contributed by atoms with Crippen molar-refractivity contribution in [2.45, 2.75) is 52.5 Å². The zero-order valence-electron chi connectivity index (χ0n) is 13.2. The van der Waals surface area contributed by atoms with Crippen LogP contribution in [-0.2, 0) is 0 Å². The minimum absolute atomic E-state index is 0. The molecule has 1 unspecified atom stereocenters. The van der Waals surface area contributed by atoms with Gasteiger partial charge < -0.3 is 5.32 Å². The van der Waals surface area contributed by atoms with E-state index in [1.54, 1.807) is 0 Å². The summed E-state index contributed by atoms with van der Waals surface area (Å²) in [4.78, 5) is 0. The lowest BCUT2D eigenvalue weighted by Crippen LogP contribution is -2.29. The Balaban J connectivity index is 0.00000220. The minimum atomic E-state index is 0. The number of allylic oxidation sites excluding steroid dienone is 3. The molecule has 0 aromatic heterocycles. The summed E-state index contributed by atoms with van der Waals surface area (Å²) in [5.41, 5.74) is 5.57. The summed E-state index contributed by atoms with van der Waals surface area (Å²) in [6.07, 6.45) is 7.09. The second kappa shape index (κ2) is 6.90. The smallest absolute Gasteiger partial charge is 0.0202 e. The van der Waals surface area contributed by atoms with Gasteiger partial charge in [-0.1, -0.05) is 53.1 Å². The van der Waals surface area contributed by atoms with Gasteiger partial charge in [0.15, 0.2) is 0 Å². The Kier molecular flexibility index (Phi) is 5.19. The van der Waals surface area contributed by atoms with Crippen LogP contribution in [0.25, 0.3) is 0 Å². The van der Waals surface area contributed by atoms with Crippen LogP contribution in [0.3, 0.4) is 0 Å². The topological polar surface area (TPSA) is 12.0 Å². The van der Waals surface area contributed by atoms with Crippen LogP contribution >= 0.6 is 0 Å². The molecule has 1 nitrogen and oxygen atoms in total. The van der Waals surface area contributed by atoms with Gasteiger partial charge in [0.1, 0.15) is 0 Å². The van der Waals surface area contributed by atoms with E-state index in [0.29, 0.717) is 12.0 Å². The molecule has 1 saturated heterocycles. The van der Waals surface area contributed by atoms with Crippen LogP contribution < -0.4 is 5.32 Å². The average molecular weight is 271 g/mol. The summed E-state index contributed by atoms with van der Waals surface area (Å²) in [5.74, 6) is 0.494. The maximum absolute atomic E-state index is 3.68. The van der Waals surface area contributed by atoms with Gasteiger partial charge in [0.2, 0.25) is 0 Å². The van der Waals surface area contributed by atoms with Crippen LogP contribution in [-0.4, -0.2) is 12.6 Å². The Hall–Kier alpha value is -1.34. The molecule has 1 heterocycles. The number of aryl methyl sites for hydroxylation is 1. The van der Waals surface area contributed by atoms with Gasteiger partial charge in [-0.3, -0.25) is 0 Å². The van der Waals surface area contributed by atoms with E-state index in [1.807, 2.05) is 0 Å². The molecule has 1 heteroatoms. The zero-order chi connectivity index (χ0) is 14.5. The standard InChI is InChI=1S/C19H27N.H2/c1-14(2)7-10-16(4)19(18-6-5-13-20-18)17-11-8-15(3)9-12-17;/h7-12,18-20H,5-6,13H2,1-4H3;1H/b16-10+;/t18?,19-;/m1./s1. The fraction of sp³-hybridized carbons (Fsp3) is 0.474. The second-order valence-electron chi connectivity index (χ2n) is 6.25. The summed E-state index contributed by atoms with van der Waals surface area (Å²) in [7, 11) is 0. The van der Waals surface area contributed by atoms with Gasteiger partial charge >= 0.3 is 0 Å². The second-order valence-corrected chi connectivity index (χ2v) is 6.25. The molecule has 0 aliphatic carbocycles. The van der Waals surface area contributed by atoms with Gasteiger partial charge in [-0.2, -0.15) is 0 Å². The molecule has 1 fully saturated rings. The molecule has 0 saturated carbocycles. The van der Waals surface area contributed by atoms with Crippen molar-refractivity contribution in [2.24, 2.45) is 0 Å². The Morgan fingerprint density at radius 3 is 2.45 bits per heavy atom. The Morgan fingerprint density at radius 2 is 1.90 bits per heavy atom. The predicted octanol–water partition coefficient (Wildman–Crippen LogP) is 4.99. The van der Waals surface area contributed by atoms with E-state index < -0.39 is 0 Å². The van der Waals surface area contributed by atoms with Crippen molar-refractivity contribution in [3.8, 4) is 0 Å². The van der Waals surface area contributed by atoms with Crippen molar-refractivity contribution in [3.05, 3.63) is 58.7 Å². The number of hydrogen-bond acceptors (Lipinski definition) is 1. The largest absolute Gasteiger partial charge is 0.313 e. The highest BCUT2D eigenvalue weighted by Gasteiger charge is 2.26. The molecule has 110 valence electrons. The van der Waals surface area contributed by atoms with E-state index in [0.717, 1.165) is 6.54 Å². The molecular weight excluding hydrogens is 242 g/mol. The Bertz CT molecular complexity index is 489. The molecule has 1 aliphatic heterocycles. The fourth-order valence-electron chi connectivity index (χ4n) is 2.98. The van der Waals surface area contributed by atoms with Gasteiger partial charge in [-0.25, -0.2) is 0 Å². The van der Waals surface area contributed by atoms with Gasteiger partial charge in [0.05, 0.1) is 0 Å². The van der Waals surface area contributed by atoms with Crippen molar-refractivity contribution in [2.75, 3.05) is 6.54 Å².